The smallest absolute Gasteiger partial charge is 0.333 e. The number of carboxylic acid groups (broad SMARTS) is 2. The minimum absolute atomic E-state index is 0.116. The Balaban J connectivity index is 0.000000410. The molecule has 14 heteroatoms. The fourth-order valence-electron chi connectivity index (χ4n) is 5.28. The van der Waals surface area contributed by atoms with Crippen molar-refractivity contribution in [2.24, 2.45) is 0 Å². The van der Waals surface area contributed by atoms with Crippen molar-refractivity contribution in [2.75, 3.05) is 51.3 Å². The lowest BCUT2D eigenvalue weighted by molar-refractivity contribution is -0.152. The van der Waals surface area contributed by atoms with Gasteiger partial charge in [-0.05, 0) is 49.6 Å². The normalized spacial score (nSPS) is 19.1. The summed E-state index contributed by atoms with van der Waals surface area (Å²) in [6.07, 6.45) is -0.0304. The monoisotopic (exact) mass is 602 g/mol. The summed E-state index contributed by atoms with van der Waals surface area (Å²) in [5, 5.41) is 37.5. The van der Waals surface area contributed by atoms with Gasteiger partial charge in [0, 0.05) is 55.4 Å². The first kappa shape index (κ1) is 31.8. The van der Waals surface area contributed by atoms with E-state index in [0.717, 1.165) is 30.8 Å². The van der Waals surface area contributed by atoms with E-state index in [1.54, 1.807) is 17.0 Å². The van der Waals surface area contributed by atoms with Crippen LogP contribution in [0.3, 0.4) is 0 Å². The molecule has 232 valence electrons. The van der Waals surface area contributed by atoms with Crippen molar-refractivity contribution in [2.45, 2.75) is 38.4 Å². The van der Waals surface area contributed by atoms with Crippen LogP contribution in [-0.4, -0.2) is 117 Å². The molecular formula is C29H35FN4O9. The fraction of sp³-hybridized carbons (Fsp3) is 0.448. The number of ether oxygens (including phenoxy) is 1. The number of amides is 2. The Bertz CT molecular complexity index is 1420. The number of carboxylic acids is 2. The number of halogens is 1. The molecule has 1 aromatic carbocycles. The van der Waals surface area contributed by atoms with Crippen molar-refractivity contribution in [3.63, 3.8) is 0 Å². The zero-order valence-electron chi connectivity index (χ0n) is 23.6. The number of rotatable bonds is 8. The second-order valence-corrected chi connectivity index (χ2v) is 10.6. The Morgan fingerprint density at radius 1 is 1.12 bits per heavy atom. The molecule has 1 fully saturated rings. The Hall–Kier alpha value is -4.11. The second kappa shape index (κ2) is 13.9. The van der Waals surface area contributed by atoms with E-state index >= 15 is 0 Å². The highest BCUT2D eigenvalue weighted by Gasteiger charge is 2.30. The number of benzene rings is 1. The third kappa shape index (κ3) is 7.84. The molecule has 5 rings (SSSR count). The van der Waals surface area contributed by atoms with Crippen LogP contribution in [0, 0.1) is 12.7 Å². The summed E-state index contributed by atoms with van der Waals surface area (Å²) in [5.74, 6) is -3.68. The number of aliphatic hydroxyl groups excluding tert-OH is 2. The van der Waals surface area contributed by atoms with Gasteiger partial charge in [0.05, 0.1) is 36.9 Å². The largest absolute Gasteiger partial charge is 0.481 e. The molecule has 0 spiro atoms. The molecule has 2 unspecified atom stereocenters. The Morgan fingerprint density at radius 2 is 1.84 bits per heavy atom. The third-order valence-electron chi connectivity index (χ3n) is 7.43. The predicted molar refractivity (Wildman–Crippen MR) is 152 cm³/mol. The quantitative estimate of drug-likeness (QED) is 0.237. The zero-order chi connectivity index (χ0) is 31.3. The number of anilines is 1. The summed E-state index contributed by atoms with van der Waals surface area (Å²) in [6.45, 7) is 6.10. The Kier molecular flexibility index (Phi) is 10.3. The van der Waals surface area contributed by atoms with Crippen LogP contribution in [-0.2, 0) is 25.5 Å². The number of fused-ring (bicyclic) bond motifs is 2. The number of hydrogen-bond acceptors (Lipinski definition) is 8. The third-order valence-corrected chi connectivity index (χ3v) is 7.43. The molecule has 3 aliphatic heterocycles. The molecular weight excluding hydrogens is 567 g/mol. The van der Waals surface area contributed by atoms with E-state index in [-0.39, 0.29) is 18.4 Å². The van der Waals surface area contributed by atoms with Crippen LogP contribution < -0.4 is 5.32 Å². The highest BCUT2D eigenvalue weighted by Crippen LogP contribution is 2.35. The Morgan fingerprint density at radius 3 is 2.49 bits per heavy atom. The number of morpholine rings is 1. The molecule has 0 radical (unpaired) electrons. The molecule has 0 saturated carbocycles. The first-order valence-corrected chi connectivity index (χ1v) is 13.9. The average Bonchev–Trinajstić information content (AvgIpc) is 3.37. The van der Waals surface area contributed by atoms with E-state index in [1.807, 2.05) is 6.92 Å². The van der Waals surface area contributed by atoms with E-state index in [9.17, 15) is 28.7 Å². The standard InChI is InChI=1S/C25H29FN4O4.C4H6O5/c1-15-22(12-19-18-11-16(26)4-5-20(18)28-24(19)32)27-21-3-2-6-30(25(33)23(15)21)14-17(31)13-29-7-9-34-10-8-29;5-2(4(8)9)1-3(6)7/h4-5,11-12,17,27,31H,2-3,6-10,13-14H2,1H3,(H,28,32);2,5H,1H2,(H,6,7)(H,8,9)/b19-12-;. The number of aliphatic carboxylic acids is 2. The van der Waals surface area contributed by atoms with Crippen molar-refractivity contribution < 1.29 is 48.7 Å². The van der Waals surface area contributed by atoms with Gasteiger partial charge in [-0.25, -0.2) is 9.18 Å². The SMILES string of the molecule is Cc1c(/C=C2\C(=O)Nc3ccc(F)cc32)[nH]c2c1C(=O)N(CC(O)CN1CCOCC1)CCC2.O=C(O)CC(O)C(=O)O. The molecule has 1 aromatic heterocycles. The summed E-state index contributed by atoms with van der Waals surface area (Å²) in [4.78, 5) is 52.6. The van der Waals surface area contributed by atoms with E-state index < -0.39 is 36.4 Å². The van der Waals surface area contributed by atoms with Crippen LogP contribution in [0.1, 0.15) is 45.7 Å². The number of nitrogens with zero attached hydrogens (tertiary/aromatic N) is 2. The number of aromatic amines is 1. The minimum atomic E-state index is -1.79. The zero-order valence-corrected chi connectivity index (χ0v) is 23.6. The number of hydrogen-bond donors (Lipinski definition) is 6. The topological polar surface area (TPSA) is 193 Å². The summed E-state index contributed by atoms with van der Waals surface area (Å²) in [7, 11) is 0. The lowest BCUT2D eigenvalue weighted by Crippen LogP contribution is -2.46. The number of H-pyrrole nitrogens is 1. The van der Waals surface area contributed by atoms with Crippen molar-refractivity contribution in [3.8, 4) is 0 Å². The van der Waals surface area contributed by atoms with Gasteiger partial charge in [-0.15, -0.1) is 0 Å². The van der Waals surface area contributed by atoms with Gasteiger partial charge < -0.3 is 40.4 Å². The highest BCUT2D eigenvalue weighted by molar-refractivity contribution is 6.34. The minimum Gasteiger partial charge on any atom is -0.481 e. The van der Waals surface area contributed by atoms with E-state index in [2.05, 4.69) is 15.2 Å². The van der Waals surface area contributed by atoms with Crippen LogP contribution in [0.2, 0.25) is 0 Å². The second-order valence-electron chi connectivity index (χ2n) is 10.6. The number of β-amino-alcohol motifs (C(OH)–C–C–N with tert-alkyl or cyclic N) is 1. The number of carbonyl (C=O) groups excluding carboxylic acids is 2. The summed E-state index contributed by atoms with van der Waals surface area (Å²) < 4.78 is 19.2. The summed E-state index contributed by atoms with van der Waals surface area (Å²) >= 11 is 0. The molecule has 1 saturated heterocycles. The van der Waals surface area contributed by atoms with Gasteiger partial charge in [-0.3, -0.25) is 19.3 Å². The molecule has 2 amide bonds. The first-order valence-electron chi connectivity index (χ1n) is 13.9. The van der Waals surface area contributed by atoms with Gasteiger partial charge in [0.15, 0.2) is 6.10 Å². The van der Waals surface area contributed by atoms with Crippen LogP contribution in [0.15, 0.2) is 18.2 Å². The van der Waals surface area contributed by atoms with E-state index in [0.29, 0.717) is 60.8 Å². The molecule has 4 heterocycles. The molecule has 43 heavy (non-hydrogen) atoms. The van der Waals surface area contributed by atoms with Gasteiger partial charge >= 0.3 is 11.9 Å². The maximum atomic E-state index is 13.8. The molecule has 13 nitrogen and oxygen atoms in total. The highest BCUT2D eigenvalue weighted by atomic mass is 19.1. The van der Waals surface area contributed by atoms with Crippen molar-refractivity contribution in [1.82, 2.24) is 14.8 Å². The van der Waals surface area contributed by atoms with E-state index in [4.69, 9.17) is 20.1 Å². The molecule has 0 bridgehead atoms. The van der Waals surface area contributed by atoms with Crippen LogP contribution in [0.5, 0.6) is 0 Å². The Labute approximate surface area is 246 Å². The van der Waals surface area contributed by atoms with Crippen LogP contribution in [0.4, 0.5) is 10.1 Å². The average molecular weight is 603 g/mol. The fourth-order valence-corrected chi connectivity index (χ4v) is 5.28. The maximum absolute atomic E-state index is 13.8. The maximum Gasteiger partial charge on any atom is 0.333 e. The molecule has 6 N–H and O–H groups in total. The van der Waals surface area contributed by atoms with Gasteiger partial charge in [0.2, 0.25) is 0 Å². The summed E-state index contributed by atoms with van der Waals surface area (Å²) in [5.41, 5.74) is 4.28. The number of carbonyl (C=O) groups is 4. The number of aliphatic hydroxyl groups is 2. The van der Waals surface area contributed by atoms with Gasteiger partial charge in [0.1, 0.15) is 5.82 Å². The lowest BCUT2D eigenvalue weighted by Gasteiger charge is -2.31. The number of aryl methyl sites for hydroxylation is 1. The van der Waals surface area contributed by atoms with E-state index in [1.165, 1.54) is 12.1 Å². The van der Waals surface area contributed by atoms with Gasteiger partial charge in [0.25, 0.3) is 11.8 Å². The first-order chi connectivity index (χ1) is 20.4. The van der Waals surface area contributed by atoms with Crippen molar-refractivity contribution >= 4 is 41.1 Å². The molecule has 3 aliphatic rings. The molecule has 2 atom stereocenters. The number of aromatic nitrogens is 1. The van der Waals surface area contributed by atoms with Crippen molar-refractivity contribution in [3.05, 3.63) is 52.1 Å². The number of nitrogens with one attached hydrogen (secondary N) is 2. The lowest BCUT2D eigenvalue weighted by atomic mass is 10.0. The van der Waals surface area contributed by atoms with Gasteiger partial charge in [-0.2, -0.15) is 0 Å². The molecule has 2 aromatic rings. The van der Waals surface area contributed by atoms with Crippen LogP contribution in [0.25, 0.3) is 11.6 Å². The van der Waals surface area contributed by atoms with Crippen LogP contribution >= 0.6 is 0 Å². The van der Waals surface area contributed by atoms with Crippen molar-refractivity contribution in [1.29, 1.82) is 0 Å². The molecule has 0 aliphatic carbocycles. The summed E-state index contributed by atoms with van der Waals surface area (Å²) in [6, 6.07) is 4.19. The van der Waals surface area contributed by atoms with Gasteiger partial charge in [-0.1, -0.05) is 0 Å². The predicted octanol–water partition coefficient (Wildman–Crippen LogP) is 0.943.